The van der Waals surface area contributed by atoms with Crippen LogP contribution in [-0.2, 0) is 0 Å². The van der Waals surface area contributed by atoms with Crippen molar-refractivity contribution in [3.63, 3.8) is 0 Å². The third kappa shape index (κ3) is 4.02. The fourth-order valence-electron chi connectivity index (χ4n) is 1.48. The van der Waals surface area contributed by atoms with Gasteiger partial charge in [-0.2, -0.15) is 0 Å². The molecule has 0 aliphatic rings. The molecular formula is C16H24O2. The summed E-state index contributed by atoms with van der Waals surface area (Å²) in [5.74, 6) is 0.204. The van der Waals surface area contributed by atoms with E-state index in [1.807, 2.05) is 65.8 Å². The quantitative estimate of drug-likeness (QED) is 0.667. The molecule has 0 atom stereocenters. The van der Waals surface area contributed by atoms with Gasteiger partial charge in [-0.25, -0.2) is 4.79 Å². The minimum absolute atomic E-state index is 0.204. The van der Waals surface area contributed by atoms with E-state index in [1.54, 1.807) is 6.07 Å². The Bertz CT molecular complexity index is 510. The van der Waals surface area contributed by atoms with Crippen LogP contribution in [0.5, 0.6) is 0 Å². The van der Waals surface area contributed by atoms with Crippen LogP contribution in [0.4, 0.5) is 0 Å². The van der Waals surface area contributed by atoms with E-state index >= 15 is 0 Å². The molecule has 0 N–H and O–H groups in total. The van der Waals surface area contributed by atoms with Crippen LogP contribution < -0.4 is 5.63 Å². The highest BCUT2D eigenvalue weighted by molar-refractivity contribution is 5.76. The number of hydrogen-bond acceptors (Lipinski definition) is 2. The first-order valence-corrected chi connectivity index (χ1v) is 6.71. The first-order chi connectivity index (χ1) is 8.68. The van der Waals surface area contributed by atoms with Gasteiger partial charge in [-0.1, -0.05) is 59.7 Å². The zero-order valence-electron chi connectivity index (χ0n) is 12.3. The Balaban J connectivity index is 0.000000659. The summed E-state index contributed by atoms with van der Waals surface area (Å²) >= 11 is 0. The molecule has 0 amide bonds. The van der Waals surface area contributed by atoms with Gasteiger partial charge in [-0.15, -0.1) is 0 Å². The zero-order valence-corrected chi connectivity index (χ0v) is 12.3. The topological polar surface area (TPSA) is 30.2 Å². The molecule has 1 aromatic carbocycles. The Morgan fingerprint density at radius 1 is 1.00 bits per heavy atom. The van der Waals surface area contributed by atoms with Crippen LogP contribution in [0.1, 0.15) is 53.0 Å². The maximum absolute atomic E-state index is 11.5. The van der Waals surface area contributed by atoms with Crippen molar-refractivity contribution in [1.29, 1.82) is 0 Å². The summed E-state index contributed by atoms with van der Waals surface area (Å²) in [7, 11) is 0. The van der Waals surface area contributed by atoms with E-state index in [4.69, 9.17) is 4.42 Å². The summed E-state index contributed by atoms with van der Waals surface area (Å²) in [5, 5.41) is 0.982. The van der Waals surface area contributed by atoms with Gasteiger partial charge in [-0.05, 0) is 18.1 Å². The lowest BCUT2D eigenvalue weighted by molar-refractivity contribution is 0.544. The second-order valence-corrected chi connectivity index (χ2v) is 3.68. The zero-order chi connectivity index (χ0) is 14.1. The van der Waals surface area contributed by atoms with Gasteiger partial charge in [0.2, 0.25) is 0 Å². The van der Waals surface area contributed by atoms with Gasteiger partial charge >= 0.3 is 5.63 Å². The predicted molar refractivity (Wildman–Crippen MR) is 79.3 cm³/mol. The van der Waals surface area contributed by atoms with Crippen molar-refractivity contribution in [3.8, 4) is 0 Å². The Kier molecular flexibility index (Phi) is 7.77. The van der Waals surface area contributed by atoms with E-state index in [9.17, 15) is 4.79 Å². The molecule has 1 heterocycles. The van der Waals surface area contributed by atoms with Gasteiger partial charge in [0.25, 0.3) is 0 Å². The van der Waals surface area contributed by atoms with Gasteiger partial charge in [-0.3, -0.25) is 0 Å². The molecule has 2 rings (SSSR count). The van der Waals surface area contributed by atoms with E-state index in [-0.39, 0.29) is 11.5 Å². The van der Waals surface area contributed by atoms with E-state index < -0.39 is 0 Å². The normalized spacial score (nSPS) is 9.28. The molecule has 18 heavy (non-hydrogen) atoms. The summed E-state index contributed by atoms with van der Waals surface area (Å²) in [6.07, 6.45) is 0. The molecule has 0 saturated heterocycles. The molecular weight excluding hydrogens is 224 g/mol. The highest BCUT2D eigenvalue weighted by Crippen LogP contribution is 2.17. The molecule has 0 radical (unpaired) electrons. The number of rotatable bonds is 1. The smallest absolute Gasteiger partial charge is 0.339 e. The SMILES string of the molecule is CC.CC.CC(C)c1cc2ccccc2oc1=O. The highest BCUT2D eigenvalue weighted by atomic mass is 16.4. The second-order valence-electron chi connectivity index (χ2n) is 3.68. The molecule has 0 saturated carbocycles. The number of benzene rings is 1. The molecule has 0 fully saturated rings. The molecule has 0 bridgehead atoms. The van der Waals surface area contributed by atoms with Gasteiger partial charge < -0.3 is 4.42 Å². The van der Waals surface area contributed by atoms with Crippen LogP contribution in [0.15, 0.2) is 39.5 Å². The molecule has 2 aromatic rings. The highest BCUT2D eigenvalue weighted by Gasteiger charge is 2.07. The van der Waals surface area contributed by atoms with Crippen molar-refractivity contribution >= 4 is 11.0 Å². The summed E-state index contributed by atoms with van der Waals surface area (Å²) in [6.45, 7) is 12.0. The van der Waals surface area contributed by atoms with Gasteiger partial charge in [0, 0.05) is 10.9 Å². The van der Waals surface area contributed by atoms with Crippen molar-refractivity contribution < 1.29 is 4.42 Å². The molecule has 0 spiro atoms. The van der Waals surface area contributed by atoms with Crippen molar-refractivity contribution in [2.45, 2.75) is 47.5 Å². The Hall–Kier alpha value is -1.57. The molecule has 2 heteroatoms. The minimum atomic E-state index is -0.223. The van der Waals surface area contributed by atoms with E-state index in [0.717, 1.165) is 10.9 Å². The summed E-state index contributed by atoms with van der Waals surface area (Å²) in [5.41, 5.74) is 1.17. The second kappa shape index (κ2) is 8.51. The first-order valence-electron chi connectivity index (χ1n) is 6.71. The van der Waals surface area contributed by atoms with Crippen LogP contribution >= 0.6 is 0 Å². The standard InChI is InChI=1S/C12H12O2.2C2H6/c1-8(2)10-7-9-5-3-4-6-11(9)14-12(10)13;2*1-2/h3-8H,1-2H3;2*1-2H3. The summed E-state index contributed by atoms with van der Waals surface area (Å²) in [6, 6.07) is 9.46. The number of fused-ring (bicyclic) bond motifs is 1. The molecule has 2 nitrogen and oxygen atoms in total. The lowest BCUT2D eigenvalue weighted by Crippen LogP contribution is -2.08. The van der Waals surface area contributed by atoms with Crippen molar-refractivity contribution in [2.75, 3.05) is 0 Å². The monoisotopic (exact) mass is 248 g/mol. The average molecular weight is 248 g/mol. The van der Waals surface area contributed by atoms with Crippen LogP contribution in [0.2, 0.25) is 0 Å². The van der Waals surface area contributed by atoms with Gasteiger partial charge in [0.05, 0.1) is 0 Å². The van der Waals surface area contributed by atoms with Gasteiger partial charge in [0.1, 0.15) is 5.58 Å². The Morgan fingerprint density at radius 2 is 1.56 bits per heavy atom. The molecule has 100 valence electrons. The van der Waals surface area contributed by atoms with Crippen molar-refractivity contribution in [2.24, 2.45) is 0 Å². The maximum Gasteiger partial charge on any atom is 0.339 e. The molecule has 0 unspecified atom stereocenters. The third-order valence-corrected chi connectivity index (χ3v) is 2.29. The molecule has 1 aromatic heterocycles. The minimum Gasteiger partial charge on any atom is -0.423 e. The van der Waals surface area contributed by atoms with Gasteiger partial charge in [0.15, 0.2) is 0 Å². The number of para-hydroxylation sites is 1. The van der Waals surface area contributed by atoms with Crippen LogP contribution in [-0.4, -0.2) is 0 Å². The van der Waals surface area contributed by atoms with E-state index in [1.165, 1.54) is 0 Å². The average Bonchev–Trinajstić information content (AvgIpc) is 2.42. The fourth-order valence-corrected chi connectivity index (χ4v) is 1.48. The van der Waals surface area contributed by atoms with Crippen LogP contribution in [0.25, 0.3) is 11.0 Å². The first kappa shape index (κ1) is 16.4. The molecule has 0 aliphatic heterocycles. The lowest BCUT2D eigenvalue weighted by atomic mass is 10.0. The van der Waals surface area contributed by atoms with E-state index in [2.05, 4.69) is 0 Å². The van der Waals surface area contributed by atoms with E-state index in [0.29, 0.717) is 5.58 Å². The van der Waals surface area contributed by atoms with Crippen LogP contribution in [0.3, 0.4) is 0 Å². The van der Waals surface area contributed by atoms with Crippen LogP contribution in [0, 0.1) is 0 Å². The van der Waals surface area contributed by atoms with Crippen molar-refractivity contribution in [1.82, 2.24) is 0 Å². The largest absolute Gasteiger partial charge is 0.423 e. The Morgan fingerprint density at radius 3 is 2.11 bits per heavy atom. The Labute approximate surface area is 110 Å². The van der Waals surface area contributed by atoms with Crippen molar-refractivity contribution in [3.05, 3.63) is 46.3 Å². The lowest BCUT2D eigenvalue weighted by Gasteiger charge is -2.03. The summed E-state index contributed by atoms with van der Waals surface area (Å²) in [4.78, 5) is 11.5. The predicted octanol–water partition coefficient (Wildman–Crippen LogP) is 4.97. The summed E-state index contributed by atoms with van der Waals surface area (Å²) < 4.78 is 5.20. The third-order valence-electron chi connectivity index (χ3n) is 2.29. The molecule has 0 aliphatic carbocycles. The number of hydrogen-bond donors (Lipinski definition) is 0. The maximum atomic E-state index is 11.5. The fraction of sp³-hybridized carbons (Fsp3) is 0.438.